The van der Waals surface area contributed by atoms with E-state index in [0.29, 0.717) is 24.1 Å². The molecule has 4 heteroatoms. The highest BCUT2D eigenvalue weighted by molar-refractivity contribution is 6.00. The summed E-state index contributed by atoms with van der Waals surface area (Å²) in [6.45, 7) is 1.41. The van der Waals surface area contributed by atoms with Crippen LogP contribution in [0, 0.1) is 0 Å². The number of phenolic OH excluding ortho intramolecular Hbond substituents is 1. The van der Waals surface area contributed by atoms with Gasteiger partial charge in [0, 0.05) is 18.2 Å². The summed E-state index contributed by atoms with van der Waals surface area (Å²) in [6, 6.07) is 3.08. The first-order chi connectivity index (χ1) is 7.08. The number of hydrogen-bond acceptors (Lipinski definition) is 3. The van der Waals surface area contributed by atoms with E-state index >= 15 is 0 Å². The van der Waals surface area contributed by atoms with E-state index in [0.717, 1.165) is 5.56 Å². The van der Waals surface area contributed by atoms with Gasteiger partial charge in [0.1, 0.15) is 5.75 Å². The number of aromatic hydroxyl groups is 1. The van der Waals surface area contributed by atoms with Crippen LogP contribution in [-0.2, 0) is 11.2 Å². The lowest BCUT2D eigenvalue weighted by molar-refractivity contribution is -0.116. The normalized spacial score (nSPS) is 14.3. The van der Waals surface area contributed by atoms with Crippen LogP contribution in [-0.4, -0.2) is 16.8 Å². The van der Waals surface area contributed by atoms with Crippen LogP contribution in [0.15, 0.2) is 12.1 Å². The van der Waals surface area contributed by atoms with Crippen LogP contribution in [0.5, 0.6) is 5.75 Å². The minimum Gasteiger partial charge on any atom is -0.507 e. The van der Waals surface area contributed by atoms with Crippen LogP contribution in [0.2, 0.25) is 0 Å². The topological polar surface area (TPSA) is 66.4 Å². The highest BCUT2D eigenvalue weighted by atomic mass is 16.3. The van der Waals surface area contributed by atoms with Crippen molar-refractivity contribution < 1.29 is 14.7 Å². The molecule has 0 saturated carbocycles. The fraction of sp³-hybridized carbons (Fsp3) is 0.273. The largest absolute Gasteiger partial charge is 0.507 e. The Morgan fingerprint density at radius 3 is 2.80 bits per heavy atom. The Labute approximate surface area is 86.9 Å². The summed E-state index contributed by atoms with van der Waals surface area (Å²) in [4.78, 5) is 22.3. The lowest BCUT2D eigenvalue weighted by Gasteiger charge is -2.17. The van der Waals surface area contributed by atoms with Crippen molar-refractivity contribution in [2.75, 3.05) is 5.32 Å². The van der Waals surface area contributed by atoms with Crippen molar-refractivity contribution >= 4 is 17.4 Å². The van der Waals surface area contributed by atoms with Gasteiger partial charge in [0.15, 0.2) is 5.78 Å². The second-order valence-corrected chi connectivity index (χ2v) is 3.63. The highest BCUT2D eigenvalue weighted by Crippen LogP contribution is 2.30. The molecule has 4 nitrogen and oxygen atoms in total. The van der Waals surface area contributed by atoms with E-state index < -0.39 is 0 Å². The Bertz CT molecular complexity index is 451. The van der Waals surface area contributed by atoms with E-state index in [1.165, 1.54) is 13.0 Å². The molecule has 15 heavy (non-hydrogen) atoms. The van der Waals surface area contributed by atoms with Gasteiger partial charge in [-0.2, -0.15) is 0 Å². The fourth-order valence-electron chi connectivity index (χ4n) is 1.70. The van der Waals surface area contributed by atoms with Gasteiger partial charge in [-0.05, 0) is 25.0 Å². The van der Waals surface area contributed by atoms with Crippen molar-refractivity contribution in [3.05, 3.63) is 23.3 Å². The van der Waals surface area contributed by atoms with Gasteiger partial charge >= 0.3 is 0 Å². The number of phenols is 1. The third-order valence-electron chi connectivity index (χ3n) is 2.50. The summed E-state index contributed by atoms with van der Waals surface area (Å²) in [5.74, 6) is -0.312. The molecule has 0 unspecified atom stereocenters. The summed E-state index contributed by atoms with van der Waals surface area (Å²) >= 11 is 0. The highest BCUT2D eigenvalue weighted by Gasteiger charge is 2.18. The standard InChI is InChI=1S/C11H11NO3/c1-6(13)8-4-7-2-3-11(15)12-9(7)5-10(8)14/h4-5,14H,2-3H2,1H3,(H,12,15). The number of ketones is 1. The van der Waals surface area contributed by atoms with Crippen LogP contribution in [0.25, 0.3) is 0 Å². The number of rotatable bonds is 1. The molecule has 1 aromatic rings. The van der Waals surface area contributed by atoms with Crippen molar-refractivity contribution in [2.24, 2.45) is 0 Å². The molecule has 0 aliphatic carbocycles. The van der Waals surface area contributed by atoms with Gasteiger partial charge in [-0.3, -0.25) is 9.59 Å². The van der Waals surface area contributed by atoms with Gasteiger partial charge in [-0.25, -0.2) is 0 Å². The van der Waals surface area contributed by atoms with Crippen molar-refractivity contribution in [2.45, 2.75) is 19.8 Å². The minimum absolute atomic E-state index is 0.0579. The van der Waals surface area contributed by atoms with Crippen LogP contribution >= 0.6 is 0 Å². The molecule has 2 rings (SSSR count). The van der Waals surface area contributed by atoms with E-state index in [2.05, 4.69) is 5.32 Å². The third kappa shape index (κ3) is 1.70. The first-order valence-electron chi connectivity index (χ1n) is 4.74. The Hall–Kier alpha value is -1.84. The summed E-state index contributed by atoms with van der Waals surface area (Å²) in [5, 5.41) is 12.2. The predicted molar refractivity (Wildman–Crippen MR) is 55.1 cm³/mol. The molecule has 1 aliphatic rings. The summed E-state index contributed by atoms with van der Waals surface area (Å²) in [7, 11) is 0. The van der Waals surface area contributed by atoms with Crippen LogP contribution in [0.3, 0.4) is 0 Å². The second kappa shape index (κ2) is 3.38. The first kappa shape index (κ1) is 9.71. The Balaban J connectivity index is 2.50. The van der Waals surface area contributed by atoms with E-state index in [1.54, 1.807) is 6.07 Å². The molecular weight excluding hydrogens is 194 g/mol. The molecule has 78 valence electrons. The molecule has 0 fully saturated rings. The zero-order chi connectivity index (χ0) is 11.0. The molecule has 1 heterocycles. The SMILES string of the molecule is CC(=O)c1cc2c(cc1O)NC(=O)CC2. The monoisotopic (exact) mass is 205 g/mol. The smallest absolute Gasteiger partial charge is 0.224 e. The number of aryl methyl sites for hydroxylation is 1. The van der Waals surface area contributed by atoms with Crippen molar-refractivity contribution in [1.82, 2.24) is 0 Å². The number of anilines is 1. The second-order valence-electron chi connectivity index (χ2n) is 3.63. The van der Waals surface area contributed by atoms with Gasteiger partial charge in [0.2, 0.25) is 5.91 Å². The minimum atomic E-state index is -0.174. The lowest BCUT2D eigenvalue weighted by atomic mass is 9.98. The van der Waals surface area contributed by atoms with E-state index in [1.807, 2.05) is 0 Å². The number of benzene rings is 1. The quantitative estimate of drug-likeness (QED) is 0.682. The molecule has 1 aliphatic heterocycles. The lowest BCUT2D eigenvalue weighted by Crippen LogP contribution is -2.19. The summed E-state index contributed by atoms with van der Waals surface area (Å²) in [6.07, 6.45) is 1.04. The third-order valence-corrected chi connectivity index (χ3v) is 2.50. The maximum atomic E-state index is 11.2. The molecule has 1 amide bonds. The van der Waals surface area contributed by atoms with Crippen molar-refractivity contribution in [3.8, 4) is 5.75 Å². The van der Waals surface area contributed by atoms with E-state index in [-0.39, 0.29) is 17.4 Å². The number of carbonyl (C=O) groups excluding carboxylic acids is 2. The molecular formula is C11H11NO3. The van der Waals surface area contributed by atoms with E-state index in [4.69, 9.17) is 0 Å². The predicted octanol–water partition coefficient (Wildman–Crippen LogP) is 1.48. The molecule has 0 aromatic heterocycles. The summed E-state index contributed by atoms with van der Waals surface area (Å²) in [5.41, 5.74) is 1.82. The Morgan fingerprint density at radius 2 is 2.13 bits per heavy atom. The average Bonchev–Trinajstić information content (AvgIpc) is 2.15. The molecule has 0 saturated heterocycles. The molecule has 0 spiro atoms. The molecule has 0 atom stereocenters. The zero-order valence-electron chi connectivity index (χ0n) is 8.33. The fourth-order valence-corrected chi connectivity index (χ4v) is 1.70. The van der Waals surface area contributed by atoms with Crippen molar-refractivity contribution in [1.29, 1.82) is 0 Å². The van der Waals surface area contributed by atoms with Crippen LogP contribution < -0.4 is 5.32 Å². The molecule has 2 N–H and O–H groups in total. The number of fused-ring (bicyclic) bond motifs is 1. The number of carbonyl (C=O) groups is 2. The Morgan fingerprint density at radius 1 is 1.40 bits per heavy atom. The van der Waals surface area contributed by atoms with Gasteiger partial charge in [-0.1, -0.05) is 0 Å². The number of hydrogen-bond donors (Lipinski definition) is 2. The van der Waals surface area contributed by atoms with E-state index in [9.17, 15) is 14.7 Å². The van der Waals surface area contributed by atoms with Gasteiger partial charge in [0.05, 0.1) is 5.56 Å². The zero-order valence-corrected chi connectivity index (χ0v) is 8.33. The van der Waals surface area contributed by atoms with Gasteiger partial charge < -0.3 is 10.4 Å². The summed E-state index contributed by atoms with van der Waals surface area (Å²) < 4.78 is 0. The average molecular weight is 205 g/mol. The van der Waals surface area contributed by atoms with Gasteiger partial charge in [-0.15, -0.1) is 0 Å². The molecule has 0 radical (unpaired) electrons. The van der Waals surface area contributed by atoms with Crippen molar-refractivity contribution in [3.63, 3.8) is 0 Å². The maximum Gasteiger partial charge on any atom is 0.224 e. The number of amides is 1. The van der Waals surface area contributed by atoms with Gasteiger partial charge in [0.25, 0.3) is 0 Å². The Kier molecular flexibility index (Phi) is 2.19. The first-order valence-corrected chi connectivity index (χ1v) is 4.74. The molecule has 1 aromatic carbocycles. The number of nitrogens with one attached hydrogen (secondary N) is 1. The van der Waals surface area contributed by atoms with Crippen LogP contribution in [0.4, 0.5) is 5.69 Å². The molecule has 0 bridgehead atoms. The van der Waals surface area contributed by atoms with Crippen LogP contribution in [0.1, 0.15) is 29.3 Å². The maximum absolute atomic E-state index is 11.2. The number of Topliss-reactive ketones (excluding diaryl/α,β-unsaturated/α-hetero) is 1.